The molecular formula is C23H33N2O+. The number of anilines is 1. The third-order valence-corrected chi connectivity index (χ3v) is 5.05. The molecule has 3 N–H and O–H groups in total. The lowest BCUT2D eigenvalue weighted by Gasteiger charge is -2.20. The Kier molecular flexibility index (Phi) is 7.40. The van der Waals surface area contributed by atoms with Gasteiger partial charge in [-0.1, -0.05) is 70.2 Å². The number of carbonyl (C=O) groups excluding carboxylic acids is 1. The van der Waals surface area contributed by atoms with Gasteiger partial charge in [0.25, 0.3) is 5.91 Å². The Morgan fingerprint density at radius 2 is 1.73 bits per heavy atom. The molecule has 0 heterocycles. The highest BCUT2D eigenvalue weighted by Crippen LogP contribution is 2.21. The molecule has 1 atom stereocenters. The molecule has 140 valence electrons. The predicted octanol–water partition coefficient (Wildman–Crippen LogP) is 4.02. The molecule has 0 aliphatic rings. The smallest absolute Gasteiger partial charge is 0.279 e. The Bertz CT molecular complexity index is 719. The van der Waals surface area contributed by atoms with E-state index in [4.69, 9.17) is 0 Å². The number of nitrogens with one attached hydrogen (secondary N) is 1. The fraction of sp³-hybridized carbons (Fsp3) is 0.435. The SMILES string of the molecule is CCc1ccc([C@H]([NH2+]CC(=O)Nc2c(C)cccc2CC)C(C)C)cc1. The van der Waals surface area contributed by atoms with Crippen molar-refractivity contribution in [3.63, 3.8) is 0 Å². The van der Waals surface area contributed by atoms with Crippen LogP contribution < -0.4 is 10.6 Å². The van der Waals surface area contributed by atoms with Gasteiger partial charge in [0.05, 0.1) is 0 Å². The van der Waals surface area contributed by atoms with Crippen molar-refractivity contribution in [1.82, 2.24) is 0 Å². The van der Waals surface area contributed by atoms with E-state index < -0.39 is 0 Å². The number of nitrogens with two attached hydrogens (primary N) is 1. The Labute approximate surface area is 158 Å². The van der Waals surface area contributed by atoms with E-state index in [1.165, 1.54) is 16.7 Å². The highest BCUT2D eigenvalue weighted by molar-refractivity contribution is 5.93. The standard InChI is InChI=1S/C23H32N2O/c1-6-18-11-13-20(14-12-18)22(16(3)4)24-15-21(26)25-23-17(5)9-8-10-19(23)7-2/h8-14,16,22,24H,6-7,15H2,1-5H3,(H,25,26)/p+1/t22-/m1/s1. The lowest BCUT2D eigenvalue weighted by Crippen LogP contribution is -2.88. The van der Waals surface area contributed by atoms with Crippen LogP contribution in [0.1, 0.15) is 56.0 Å². The number of aryl methyl sites for hydroxylation is 3. The van der Waals surface area contributed by atoms with Crippen LogP contribution in [0, 0.1) is 12.8 Å². The van der Waals surface area contributed by atoms with Crippen molar-refractivity contribution in [2.75, 3.05) is 11.9 Å². The first-order valence-electron chi connectivity index (χ1n) is 9.76. The van der Waals surface area contributed by atoms with E-state index in [2.05, 4.69) is 68.7 Å². The van der Waals surface area contributed by atoms with Crippen molar-refractivity contribution in [2.24, 2.45) is 5.92 Å². The fourth-order valence-electron chi connectivity index (χ4n) is 3.40. The molecule has 1 amide bonds. The van der Waals surface area contributed by atoms with Crippen LogP contribution in [0.15, 0.2) is 42.5 Å². The first-order valence-corrected chi connectivity index (χ1v) is 9.76. The topological polar surface area (TPSA) is 45.7 Å². The number of benzene rings is 2. The zero-order valence-corrected chi connectivity index (χ0v) is 16.8. The third kappa shape index (κ3) is 5.18. The summed E-state index contributed by atoms with van der Waals surface area (Å²) in [5.41, 5.74) is 5.92. The lowest BCUT2D eigenvalue weighted by molar-refractivity contribution is -0.692. The van der Waals surface area contributed by atoms with Gasteiger partial charge in [-0.2, -0.15) is 0 Å². The first-order chi connectivity index (χ1) is 12.5. The molecule has 0 fully saturated rings. The summed E-state index contributed by atoms with van der Waals surface area (Å²) in [5.74, 6) is 0.518. The minimum Gasteiger partial charge on any atom is -0.332 e. The molecule has 2 aromatic rings. The summed E-state index contributed by atoms with van der Waals surface area (Å²) in [7, 11) is 0. The van der Waals surface area contributed by atoms with Gasteiger partial charge in [-0.25, -0.2) is 0 Å². The summed E-state index contributed by atoms with van der Waals surface area (Å²) in [4.78, 5) is 12.5. The van der Waals surface area contributed by atoms with Crippen molar-refractivity contribution < 1.29 is 10.1 Å². The van der Waals surface area contributed by atoms with Crippen LogP contribution in [0.25, 0.3) is 0 Å². The van der Waals surface area contributed by atoms with E-state index in [9.17, 15) is 4.79 Å². The number of quaternary nitrogens is 1. The normalized spacial score (nSPS) is 12.2. The van der Waals surface area contributed by atoms with Gasteiger partial charge in [0, 0.05) is 17.2 Å². The lowest BCUT2D eigenvalue weighted by atomic mass is 9.95. The molecule has 2 aromatic carbocycles. The highest BCUT2D eigenvalue weighted by atomic mass is 16.1. The Morgan fingerprint density at radius 3 is 2.31 bits per heavy atom. The van der Waals surface area contributed by atoms with Crippen molar-refractivity contribution in [3.8, 4) is 0 Å². The van der Waals surface area contributed by atoms with E-state index in [1.54, 1.807) is 0 Å². The summed E-state index contributed by atoms with van der Waals surface area (Å²) in [6, 6.07) is 15.3. The number of hydrogen-bond donors (Lipinski definition) is 2. The molecule has 0 aromatic heterocycles. The van der Waals surface area contributed by atoms with Crippen LogP contribution >= 0.6 is 0 Å². The molecule has 3 heteroatoms. The van der Waals surface area contributed by atoms with Gasteiger partial charge in [0.15, 0.2) is 6.54 Å². The van der Waals surface area contributed by atoms with E-state index in [0.717, 1.165) is 24.1 Å². The van der Waals surface area contributed by atoms with E-state index in [-0.39, 0.29) is 11.9 Å². The van der Waals surface area contributed by atoms with Gasteiger partial charge in [0.2, 0.25) is 0 Å². The maximum Gasteiger partial charge on any atom is 0.279 e. The molecule has 0 saturated heterocycles. The van der Waals surface area contributed by atoms with Gasteiger partial charge in [-0.3, -0.25) is 4.79 Å². The van der Waals surface area contributed by atoms with Crippen molar-refractivity contribution >= 4 is 11.6 Å². The summed E-state index contributed by atoms with van der Waals surface area (Å²) in [6.07, 6.45) is 1.97. The van der Waals surface area contributed by atoms with Gasteiger partial charge in [-0.05, 0) is 36.5 Å². The molecule has 0 saturated carbocycles. The zero-order valence-electron chi connectivity index (χ0n) is 16.8. The van der Waals surface area contributed by atoms with Gasteiger partial charge in [-0.15, -0.1) is 0 Å². The number of carbonyl (C=O) groups is 1. The van der Waals surface area contributed by atoms with Crippen molar-refractivity contribution in [1.29, 1.82) is 0 Å². The Balaban J connectivity index is 2.03. The molecule has 0 radical (unpaired) electrons. The Morgan fingerprint density at radius 1 is 1.04 bits per heavy atom. The quantitative estimate of drug-likeness (QED) is 0.740. The van der Waals surface area contributed by atoms with Gasteiger partial charge >= 0.3 is 0 Å². The highest BCUT2D eigenvalue weighted by Gasteiger charge is 2.21. The molecule has 26 heavy (non-hydrogen) atoms. The second kappa shape index (κ2) is 9.54. The second-order valence-corrected chi connectivity index (χ2v) is 7.32. The van der Waals surface area contributed by atoms with Crippen LogP contribution in [0.4, 0.5) is 5.69 Å². The van der Waals surface area contributed by atoms with Crippen LogP contribution in [-0.4, -0.2) is 12.5 Å². The predicted molar refractivity (Wildman–Crippen MR) is 109 cm³/mol. The average Bonchev–Trinajstić information content (AvgIpc) is 2.63. The molecule has 0 spiro atoms. The zero-order chi connectivity index (χ0) is 19.1. The van der Waals surface area contributed by atoms with Crippen LogP contribution in [0.5, 0.6) is 0 Å². The second-order valence-electron chi connectivity index (χ2n) is 7.32. The number of rotatable bonds is 8. The molecule has 0 bridgehead atoms. The van der Waals surface area contributed by atoms with Crippen LogP contribution in [0.2, 0.25) is 0 Å². The molecule has 3 nitrogen and oxygen atoms in total. The van der Waals surface area contributed by atoms with Gasteiger partial charge in [0.1, 0.15) is 6.04 Å². The molecule has 0 aliphatic heterocycles. The molecule has 0 unspecified atom stereocenters. The van der Waals surface area contributed by atoms with Crippen molar-refractivity contribution in [2.45, 2.75) is 53.5 Å². The van der Waals surface area contributed by atoms with E-state index in [1.807, 2.05) is 19.1 Å². The fourth-order valence-corrected chi connectivity index (χ4v) is 3.40. The van der Waals surface area contributed by atoms with Crippen LogP contribution in [-0.2, 0) is 17.6 Å². The average molecular weight is 354 g/mol. The maximum atomic E-state index is 12.5. The number of para-hydroxylation sites is 1. The minimum atomic E-state index is 0.0600. The first kappa shape index (κ1) is 20.2. The Hall–Kier alpha value is -2.13. The van der Waals surface area contributed by atoms with Gasteiger partial charge < -0.3 is 10.6 Å². The maximum absolute atomic E-state index is 12.5. The summed E-state index contributed by atoms with van der Waals surface area (Å²) >= 11 is 0. The summed E-state index contributed by atoms with van der Waals surface area (Å²) in [6.45, 7) is 11.2. The summed E-state index contributed by atoms with van der Waals surface area (Å²) < 4.78 is 0. The number of hydrogen-bond acceptors (Lipinski definition) is 1. The van der Waals surface area contributed by atoms with E-state index >= 15 is 0 Å². The minimum absolute atomic E-state index is 0.0600. The molecular weight excluding hydrogens is 320 g/mol. The monoisotopic (exact) mass is 353 g/mol. The largest absolute Gasteiger partial charge is 0.332 e. The van der Waals surface area contributed by atoms with E-state index in [0.29, 0.717) is 12.5 Å². The van der Waals surface area contributed by atoms with Crippen molar-refractivity contribution in [3.05, 3.63) is 64.7 Å². The molecule has 0 aliphatic carbocycles. The summed E-state index contributed by atoms with van der Waals surface area (Å²) in [5, 5.41) is 5.28. The molecule has 2 rings (SSSR count). The third-order valence-electron chi connectivity index (χ3n) is 5.05. The number of amides is 1. The van der Waals surface area contributed by atoms with Crippen LogP contribution in [0.3, 0.4) is 0 Å².